The first-order valence-electron chi connectivity index (χ1n) is 4.23. The van der Waals surface area contributed by atoms with Crippen LogP contribution in [-0.2, 0) is 9.53 Å². The molecule has 0 aliphatic rings. The van der Waals surface area contributed by atoms with E-state index in [9.17, 15) is 4.79 Å². The Labute approximate surface area is 88.1 Å². The molecule has 0 aliphatic heterocycles. The molecule has 0 bridgehead atoms. The average Bonchev–Trinajstić information content (AvgIpc) is 2.21. The van der Waals surface area contributed by atoms with Crippen LogP contribution in [0.25, 0.3) is 0 Å². The largest absolute Gasteiger partial charge is 0.465 e. The van der Waals surface area contributed by atoms with Gasteiger partial charge in [0, 0.05) is 5.75 Å². The lowest BCUT2D eigenvalue weighted by Gasteiger charge is -2.26. The van der Waals surface area contributed by atoms with Crippen LogP contribution in [0.5, 0.6) is 0 Å². The van der Waals surface area contributed by atoms with Crippen LogP contribution >= 0.6 is 12.6 Å². The molecule has 0 atom stereocenters. The maximum atomic E-state index is 10.9. The number of esters is 1. The summed E-state index contributed by atoms with van der Waals surface area (Å²) in [5.41, 5.74) is -1.15. The van der Waals surface area contributed by atoms with E-state index in [1.165, 1.54) is 0 Å². The van der Waals surface area contributed by atoms with Crippen molar-refractivity contribution >= 4 is 18.6 Å². The lowest BCUT2D eigenvalue weighted by Crippen LogP contribution is -2.39. The standard InChI is InChI=1S/C8H16O5S/c9-3-8(4-10,5-11)6-13-7(12)1-2-14/h9-11,14H,1-6H2. The Morgan fingerprint density at radius 2 is 1.71 bits per heavy atom. The van der Waals surface area contributed by atoms with Gasteiger partial charge in [-0.3, -0.25) is 4.79 Å². The van der Waals surface area contributed by atoms with E-state index in [2.05, 4.69) is 12.6 Å². The van der Waals surface area contributed by atoms with E-state index in [-0.39, 0.29) is 13.0 Å². The van der Waals surface area contributed by atoms with Gasteiger partial charge in [0.15, 0.2) is 0 Å². The Kier molecular flexibility index (Phi) is 6.90. The molecule has 0 radical (unpaired) electrons. The van der Waals surface area contributed by atoms with E-state index < -0.39 is 31.2 Å². The second kappa shape index (κ2) is 7.05. The van der Waals surface area contributed by atoms with E-state index in [1.807, 2.05) is 0 Å². The monoisotopic (exact) mass is 224 g/mol. The van der Waals surface area contributed by atoms with Gasteiger partial charge in [-0.2, -0.15) is 12.6 Å². The first kappa shape index (κ1) is 13.7. The zero-order valence-electron chi connectivity index (χ0n) is 7.85. The highest BCUT2D eigenvalue weighted by atomic mass is 32.1. The van der Waals surface area contributed by atoms with Crippen molar-refractivity contribution < 1.29 is 24.9 Å². The van der Waals surface area contributed by atoms with Gasteiger partial charge in [0.2, 0.25) is 0 Å². The first-order valence-corrected chi connectivity index (χ1v) is 4.86. The van der Waals surface area contributed by atoms with Crippen molar-refractivity contribution in [3.63, 3.8) is 0 Å². The van der Waals surface area contributed by atoms with Gasteiger partial charge in [-0.05, 0) is 0 Å². The summed E-state index contributed by atoms with van der Waals surface area (Å²) >= 11 is 3.85. The number of aliphatic hydroxyl groups excluding tert-OH is 3. The molecule has 0 rings (SSSR count). The highest BCUT2D eigenvalue weighted by molar-refractivity contribution is 7.80. The van der Waals surface area contributed by atoms with Gasteiger partial charge in [-0.25, -0.2) is 0 Å². The zero-order chi connectivity index (χ0) is 11.0. The van der Waals surface area contributed by atoms with Crippen LogP contribution in [0.15, 0.2) is 0 Å². The topological polar surface area (TPSA) is 87.0 Å². The number of hydrogen-bond acceptors (Lipinski definition) is 6. The number of thiol groups is 1. The molecule has 0 amide bonds. The quantitative estimate of drug-likeness (QED) is 0.323. The second-order valence-electron chi connectivity index (χ2n) is 3.11. The summed E-state index contributed by atoms with van der Waals surface area (Å²) in [6, 6.07) is 0. The van der Waals surface area contributed by atoms with Crippen molar-refractivity contribution in [1.82, 2.24) is 0 Å². The summed E-state index contributed by atoms with van der Waals surface area (Å²) in [5, 5.41) is 26.7. The Balaban J connectivity index is 3.99. The molecular formula is C8H16O5S. The van der Waals surface area contributed by atoms with Gasteiger partial charge in [-0.1, -0.05) is 0 Å². The lowest BCUT2D eigenvalue weighted by molar-refractivity contribution is -0.150. The first-order chi connectivity index (χ1) is 6.64. The molecule has 0 aromatic carbocycles. The highest BCUT2D eigenvalue weighted by Gasteiger charge is 2.29. The van der Waals surface area contributed by atoms with Gasteiger partial charge in [-0.15, -0.1) is 0 Å². The van der Waals surface area contributed by atoms with Crippen LogP contribution in [0.3, 0.4) is 0 Å². The fourth-order valence-corrected chi connectivity index (χ4v) is 0.867. The van der Waals surface area contributed by atoms with E-state index in [1.54, 1.807) is 0 Å². The summed E-state index contributed by atoms with van der Waals surface area (Å²) in [7, 11) is 0. The summed E-state index contributed by atoms with van der Waals surface area (Å²) in [5.74, 6) is -0.0804. The van der Waals surface area contributed by atoms with E-state index >= 15 is 0 Å². The summed E-state index contributed by atoms with van der Waals surface area (Å²) in [6.07, 6.45) is 0.168. The lowest BCUT2D eigenvalue weighted by atomic mass is 9.93. The molecule has 0 aromatic heterocycles. The molecule has 5 nitrogen and oxygen atoms in total. The molecule has 0 heterocycles. The van der Waals surface area contributed by atoms with Gasteiger partial charge in [0.1, 0.15) is 6.61 Å². The van der Waals surface area contributed by atoms with Gasteiger partial charge in [0.05, 0.1) is 31.7 Å². The molecule has 0 saturated heterocycles. The van der Waals surface area contributed by atoms with Gasteiger partial charge in [0.25, 0.3) is 0 Å². The normalized spacial score (nSPS) is 11.4. The van der Waals surface area contributed by atoms with Gasteiger partial charge >= 0.3 is 5.97 Å². The van der Waals surface area contributed by atoms with E-state index in [4.69, 9.17) is 20.1 Å². The minimum atomic E-state index is -1.15. The van der Waals surface area contributed by atoms with Crippen molar-refractivity contribution in [1.29, 1.82) is 0 Å². The van der Waals surface area contributed by atoms with Crippen molar-refractivity contribution in [2.45, 2.75) is 6.42 Å². The predicted molar refractivity (Wildman–Crippen MR) is 53.1 cm³/mol. The maximum absolute atomic E-state index is 10.9. The molecule has 0 fully saturated rings. The molecule has 84 valence electrons. The fourth-order valence-electron chi connectivity index (χ4n) is 0.684. The van der Waals surface area contributed by atoms with Crippen molar-refractivity contribution in [2.24, 2.45) is 5.41 Å². The van der Waals surface area contributed by atoms with Gasteiger partial charge < -0.3 is 20.1 Å². The third-order valence-corrected chi connectivity index (χ3v) is 2.09. The molecule has 0 unspecified atom stereocenters. The molecule has 0 aromatic rings. The zero-order valence-corrected chi connectivity index (χ0v) is 8.74. The highest BCUT2D eigenvalue weighted by Crippen LogP contribution is 2.15. The predicted octanol–water partition coefficient (Wildman–Crippen LogP) is -1.19. The molecule has 6 heteroatoms. The number of rotatable bonds is 7. The van der Waals surface area contributed by atoms with Crippen LogP contribution in [0, 0.1) is 5.41 Å². The SMILES string of the molecule is O=C(CCS)OCC(CO)(CO)CO. The summed E-state index contributed by atoms with van der Waals surface area (Å²) in [6.45, 7) is -1.50. The number of ether oxygens (including phenoxy) is 1. The molecule has 0 aliphatic carbocycles. The fraction of sp³-hybridized carbons (Fsp3) is 0.875. The van der Waals surface area contributed by atoms with Crippen molar-refractivity contribution in [3.05, 3.63) is 0 Å². The van der Waals surface area contributed by atoms with Crippen molar-refractivity contribution in [3.8, 4) is 0 Å². The molecule has 0 saturated carbocycles. The Morgan fingerprint density at radius 1 is 1.21 bits per heavy atom. The summed E-state index contributed by atoms with van der Waals surface area (Å²) < 4.78 is 4.75. The van der Waals surface area contributed by atoms with Crippen LogP contribution in [0.2, 0.25) is 0 Å². The molecule has 14 heavy (non-hydrogen) atoms. The molecule has 0 spiro atoms. The number of aliphatic hydroxyl groups is 3. The average molecular weight is 224 g/mol. The third-order valence-electron chi connectivity index (χ3n) is 1.86. The number of carbonyl (C=O) groups excluding carboxylic acids is 1. The second-order valence-corrected chi connectivity index (χ2v) is 3.56. The molecule has 3 N–H and O–H groups in total. The van der Waals surface area contributed by atoms with Crippen LogP contribution in [0.1, 0.15) is 6.42 Å². The third kappa shape index (κ3) is 4.28. The Bertz CT molecular complexity index is 161. The molecular weight excluding hydrogens is 208 g/mol. The van der Waals surface area contributed by atoms with Crippen LogP contribution in [0.4, 0.5) is 0 Å². The van der Waals surface area contributed by atoms with E-state index in [0.29, 0.717) is 5.75 Å². The van der Waals surface area contributed by atoms with Crippen LogP contribution in [-0.4, -0.2) is 53.5 Å². The minimum Gasteiger partial charge on any atom is -0.465 e. The number of carbonyl (C=O) groups is 1. The minimum absolute atomic E-state index is 0.168. The summed E-state index contributed by atoms with van der Waals surface area (Å²) in [4.78, 5) is 10.9. The Morgan fingerprint density at radius 3 is 2.07 bits per heavy atom. The maximum Gasteiger partial charge on any atom is 0.306 e. The Hall–Kier alpha value is -0.300. The smallest absolute Gasteiger partial charge is 0.306 e. The van der Waals surface area contributed by atoms with Crippen LogP contribution < -0.4 is 0 Å². The van der Waals surface area contributed by atoms with E-state index in [0.717, 1.165) is 0 Å². The number of hydrogen-bond donors (Lipinski definition) is 4. The van der Waals surface area contributed by atoms with Crippen molar-refractivity contribution in [2.75, 3.05) is 32.2 Å².